The summed E-state index contributed by atoms with van der Waals surface area (Å²) < 4.78 is 30.0. The van der Waals surface area contributed by atoms with Crippen molar-refractivity contribution in [2.24, 2.45) is 5.10 Å². The van der Waals surface area contributed by atoms with E-state index in [4.69, 9.17) is 39.5 Å². The van der Waals surface area contributed by atoms with E-state index in [-0.39, 0.29) is 32.3 Å². The molecule has 1 N–H and O–H groups in total. The molecule has 0 aromatic heterocycles. The Kier molecular flexibility index (Phi) is 6.88. The van der Waals surface area contributed by atoms with E-state index in [1.54, 1.807) is 0 Å². The van der Waals surface area contributed by atoms with E-state index in [9.17, 15) is 18.5 Å². The zero-order chi connectivity index (χ0) is 20.2. The van der Waals surface area contributed by atoms with E-state index >= 15 is 0 Å². The highest BCUT2D eigenvalue weighted by Gasteiger charge is 2.19. The van der Waals surface area contributed by atoms with E-state index in [1.807, 2.05) is 4.83 Å². The van der Waals surface area contributed by atoms with Gasteiger partial charge in [-0.3, -0.25) is 10.1 Å². The summed E-state index contributed by atoms with van der Waals surface area (Å²) in [6, 6.07) is 7.75. The molecule has 0 amide bonds. The number of nitrogens with one attached hydrogen (secondary N) is 1. The van der Waals surface area contributed by atoms with Gasteiger partial charge in [-0.1, -0.05) is 34.8 Å². The fourth-order valence-electron chi connectivity index (χ4n) is 1.78. The zero-order valence-electron chi connectivity index (χ0n) is 13.6. The number of rotatable bonds is 7. The molecule has 2 aromatic rings. The Bertz CT molecular complexity index is 995. The number of ether oxygens (including phenoxy) is 1. The number of non-ortho nitro benzene ring substituents is 1. The lowest BCUT2D eigenvalue weighted by atomic mass is 10.3. The minimum atomic E-state index is -4.07. The third-order valence-electron chi connectivity index (χ3n) is 3.12. The molecule has 0 unspecified atom stereocenters. The largest absolute Gasteiger partial charge is 0.488 e. The van der Waals surface area contributed by atoms with Crippen LogP contribution in [0.15, 0.2) is 46.4 Å². The molecule has 0 atom stereocenters. The Morgan fingerprint density at radius 3 is 2.33 bits per heavy atom. The fraction of sp³-hybridized carbons (Fsp3) is 0.133. The van der Waals surface area contributed by atoms with Crippen molar-refractivity contribution in [3.8, 4) is 5.75 Å². The van der Waals surface area contributed by atoms with Crippen molar-refractivity contribution >= 4 is 56.2 Å². The van der Waals surface area contributed by atoms with Crippen LogP contribution in [0.3, 0.4) is 0 Å². The lowest BCUT2D eigenvalue weighted by Gasteiger charge is -2.09. The van der Waals surface area contributed by atoms with Gasteiger partial charge in [0.05, 0.1) is 25.7 Å². The molecule has 0 bridgehead atoms. The van der Waals surface area contributed by atoms with Gasteiger partial charge in [0.15, 0.2) is 0 Å². The van der Waals surface area contributed by atoms with Gasteiger partial charge in [0, 0.05) is 12.1 Å². The van der Waals surface area contributed by atoms with Crippen LogP contribution in [0.5, 0.6) is 5.75 Å². The van der Waals surface area contributed by atoms with Gasteiger partial charge in [-0.05, 0) is 31.2 Å². The topological polar surface area (TPSA) is 111 Å². The van der Waals surface area contributed by atoms with Gasteiger partial charge >= 0.3 is 0 Å². The van der Waals surface area contributed by atoms with Crippen molar-refractivity contribution in [1.29, 1.82) is 0 Å². The van der Waals surface area contributed by atoms with Crippen LogP contribution in [0.2, 0.25) is 15.1 Å². The summed E-state index contributed by atoms with van der Waals surface area (Å²) in [5, 5.41) is 14.4. The predicted molar refractivity (Wildman–Crippen MR) is 103 cm³/mol. The molecule has 0 saturated carbocycles. The molecule has 27 heavy (non-hydrogen) atoms. The van der Waals surface area contributed by atoms with Crippen molar-refractivity contribution in [2.45, 2.75) is 11.8 Å². The average molecular weight is 453 g/mol. The summed E-state index contributed by atoms with van der Waals surface area (Å²) in [7, 11) is -4.07. The molecule has 0 radical (unpaired) electrons. The molecule has 2 rings (SSSR count). The smallest absolute Gasteiger partial charge is 0.278 e. The maximum absolute atomic E-state index is 12.3. The monoisotopic (exact) mass is 451 g/mol. The maximum atomic E-state index is 12.3. The van der Waals surface area contributed by atoms with E-state index in [1.165, 1.54) is 37.3 Å². The number of hydrogen-bond acceptors (Lipinski definition) is 6. The second-order valence-corrected chi connectivity index (χ2v) is 8.03. The van der Waals surface area contributed by atoms with Gasteiger partial charge in [0.1, 0.15) is 17.3 Å². The van der Waals surface area contributed by atoms with Crippen LogP contribution in [0, 0.1) is 10.1 Å². The highest BCUT2D eigenvalue weighted by molar-refractivity contribution is 7.89. The molecule has 12 heteroatoms. The van der Waals surface area contributed by atoms with Gasteiger partial charge in [0.2, 0.25) is 0 Å². The van der Waals surface area contributed by atoms with Crippen molar-refractivity contribution in [3.05, 3.63) is 61.6 Å². The minimum Gasteiger partial charge on any atom is -0.488 e. The Balaban J connectivity index is 2.04. The van der Waals surface area contributed by atoms with Crippen molar-refractivity contribution in [1.82, 2.24) is 4.83 Å². The van der Waals surface area contributed by atoms with Crippen LogP contribution >= 0.6 is 34.8 Å². The summed E-state index contributed by atoms with van der Waals surface area (Å²) in [6.45, 7) is 1.49. The number of hydrogen-bond donors (Lipinski definition) is 1. The first-order chi connectivity index (χ1) is 12.6. The van der Waals surface area contributed by atoms with E-state index in [0.29, 0.717) is 11.5 Å². The second-order valence-electron chi connectivity index (χ2n) is 5.18. The Morgan fingerprint density at radius 2 is 1.74 bits per heavy atom. The molecule has 0 aliphatic rings. The SMILES string of the molecule is CC(COc1ccc([N+](=O)[O-])cc1)=NNS(=O)(=O)c1cc(Cl)c(Cl)cc1Cl. The van der Waals surface area contributed by atoms with Crippen molar-refractivity contribution in [3.63, 3.8) is 0 Å². The van der Waals surface area contributed by atoms with E-state index < -0.39 is 14.9 Å². The van der Waals surface area contributed by atoms with E-state index in [2.05, 4.69) is 5.10 Å². The summed E-state index contributed by atoms with van der Waals surface area (Å²) in [5.74, 6) is 0.366. The number of nitrogens with zero attached hydrogens (tertiary/aromatic N) is 2. The first kappa shape index (κ1) is 21.2. The summed E-state index contributed by atoms with van der Waals surface area (Å²) in [4.78, 5) is 11.8. The minimum absolute atomic E-state index is 0.0312. The van der Waals surface area contributed by atoms with Crippen LogP contribution in [-0.4, -0.2) is 25.7 Å². The molecule has 8 nitrogen and oxygen atoms in total. The number of nitro groups is 1. The van der Waals surface area contributed by atoms with Crippen LogP contribution in [0.1, 0.15) is 6.92 Å². The van der Waals surface area contributed by atoms with Gasteiger partial charge in [0.25, 0.3) is 15.7 Å². The maximum Gasteiger partial charge on any atom is 0.278 e. The Hall–Kier alpha value is -2.07. The summed E-state index contributed by atoms with van der Waals surface area (Å²) in [5.41, 5.74) is 0.229. The third-order valence-corrected chi connectivity index (χ3v) is 5.51. The first-order valence-corrected chi connectivity index (χ1v) is 9.78. The lowest BCUT2D eigenvalue weighted by molar-refractivity contribution is -0.384. The molecule has 0 saturated heterocycles. The number of benzene rings is 2. The molecule has 0 aliphatic heterocycles. The Morgan fingerprint density at radius 1 is 1.15 bits per heavy atom. The van der Waals surface area contributed by atoms with E-state index in [0.717, 1.165) is 6.07 Å². The van der Waals surface area contributed by atoms with Gasteiger partial charge < -0.3 is 4.74 Å². The average Bonchev–Trinajstić information content (AvgIpc) is 2.61. The summed E-state index contributed by atoms with van der Waals surface area (Å²) in [6.07, 6.45) is 0. The van der Waals surface area contributed by atoms with Crippen LogP contribution in [-0.2, 0) is 10.0 Å². The third kappa shape index (κ3) is 5.70. The van der Waals surface area contributed by atoms with Gasteiger partial charge in [-0.15, -0.1) is 0 Å². The molecule has 0 aliphatic carbocycles. The molecular formula is C15H12Cl3N3O5S. The standard InChI is InChI=1S/C15H12Cl3N3O5S/c1-9(8-26-11-4-2-10(3-5-11)21(22)23)19-20-27(24,25)15-7-13(17)12(16)6-14(15)18/h2-7,20H,8H2,1H3. The molecule has 2 aromatic carbocycles. The zero-order valence-corrected chi connectivity index (χ0v) is 16.7. The number of nitro benzene ring substituents is 1. The molecule has 0 heterocycles. The molecule has 144 valence electrons. The predicted octanol–water partition coefficient (Wildman–Crippen LogP) is 4.29. The van der Waals surface area contributed by atoms with Gasteiger partial charge in [-0.25, -0.2) is 0 Å². The second kappa shape index (κ2) is 8.75. The van der Waals surface area contributed by atoms with Crippen LogP contribution < -0.4 is 9.57 Å². The van der Waals surface area contributed by atoms with Crippen LogP contribution in [0.25, 0.3) is 0 Å². The number of sulfonamides is 1. The normalized spacial score (nSPS) is 11.9. The molecule has 0 fully saturated rings. The molecule has 0 spiro atoms. The first-order valence-electron chi connectivity index (χ1n) is 7.17. The number of hydrazone groups is 1. The Labute approximate surface area is 169 Å². The van der Waals surface area contributed by atoms with Gasteiger partial charge in [-0.2, -0.15) is 18.4 Å². The summed E-state index contributed by atoms with van der Waals surface area (Å²) >= 11 is 17.5. The lowest BCUT2D eigenvalue weighted by Crippen LogP contribution is -2.22. The van der Waals surface area contributed by atoms with Crippen LogP contribution in [0.4, 0.5) is 5.69 Å². The molecular weight excluding hydrogens is 441 g/mol. The highest BCUT2D eigenvalue weighted by atomic mass is 35.5. The number of halogens is 3. The quantitative estimate of drug-likeness (QED) is 0.291. The highest BCUT2D eigenvalue weighted by Crippen LogP contribution is 2.31. The fourth-order valence-corrected chi connectivity index (χ4v) is 3.66. The van der Waals surface area contributed by atoms with Crippen molar-refractivity contribution < 1.29 is 18.1 Å². The van der Waals surface area contributed by atoms with Crippen molar-refractivity contribution in [2.75, 3.05) is 6.61 Å².